The summed E-state index contributed by atoms with van der Waals surface area (Å²) >= 11 is 0. The number of benzene rings is 1. The zero-order chi connectivity index (χ0) is 15.5. The topological polar surface area (TPSA) is 58.6 Å². The molecule has 5 nitrogen and oxygen atoms in total. The molecule has 0 saturated carbocycles. The Bertz CT molecular complexity index is 532. The van der Waals surface area contributed by atoms with Crippen molar-refractivity contribution in [3.63, 3.8) is 0 Å². The minimum absolute atomic E-state index is 0.168. The van der Waals surface area contributed by atoms with Crippen LogP contribution in [0.4, 0.5) is 9.18 Å². The molecule has 21 heavy (non-hydrogen) atoms. The van der Waals surface area contributed by atoms with Crippen LogP contribution in [-0.4, -0.2) is 35.5 Å². The van der Waals surface area contributed by atoms with Crippen LogP contribution in [0.3, 0.4) is 0 Å². The lowest BCUT2D eigenvalue weighted by Crippen LogP contribution is -2.44. The molecule has 1 aliphatic heterocycles. The highest BCUT2D eigenvalue weighted by atomic mass is 19.1. The smallest absolute Gasteiger partial charge is 0.325 e. The number of halogens is 1. The molecular formula is C15H19FN2O3. The van der Waals surface area contributed by atoms with Crippen molar-refractivity contribution in [3.05, 3.63) is 30.1 Å². The second kappa shape index (κ2) is 6.11. The molecule has 1 aliphatic rings. The van der Waals surface area contributed by atoms with Gasteiger partial charge < -0.3 is 10.1 Å². The van der Waals surface area contributed by atoms with E-state index in [-0.39, 0.29) is 24.9 Å². The van der Waals surface area contributed by atoms with Gasteiger partial charge in [0.2, 0.25) is 0 Å². The Balaban J connectivity index is 1.90. The first kappa shape index (κ1) is 15.3. The number of hydrogen-bond acceptors (Lipinski definition) is 3. The summed E-state index contributed by atoms with van der Waals surface area (Å²) in [5.41, 5.74) is -0.818. The van der Waals surface area contributed by atoms with E-state index in [0.29, 0.717) is 12.2 Å². The van der Waals surface area contributed by atoms with E-state index in [1.807, 2.05) is 6.92 Å². The van der Waals surface area contributed by atoms with Crippen LogP contribution in [0.1, 0.15) is 26.7 Å². The number of nitrogens with one attached hydrogen (secondary N) is 1. The van der Waals surface area contributed by atoms with Crippen LogP contribution in [0.25, 0.3) is 0 Å². The molecule has 1 aromatic carbocycles. The fourth-order valence-electron chi connectivity index (χ4n) is 2.41. The Hall–Kier alpha value is -2.11. The molecule has 3 amide bonds. The van der Waals surface area contributed by atoms with Gasteiger partial charge >= 0.3 is 6.03 Å². The Labute approximate surface area is 123 Å². The highest BCUT2D eigenvalue weighted by Crippen LogP contribution is 2.22. The number of carbonyl (C=O) groups is 2. The summed E-state index contributed by atoms with van der Waals surface area (Å²) in [6.45, 7) is 4.04. The summed E-state index contributed by atoms with van der Waals surface area (Å²) in [4.78, 5) is 25.3. The maximum Gasteiger partial charge on any atom is 0.325 e. The van der Waals surface area contributed by atoms with Crippen LogP contribution in [0, 0.1) is 5.82 Å². The summed E-state index contributed by atoms with van der Waals surface area (Å²) < 4.78 is 18.2. The van der Waals surface area contributed by atoms with Gasteiger partial charge in [-0.2, -0.15) is 0 Å². The van der Waals surface area contributed by atoms with Crippen LogP contribution >= 0.6 is 0 Å². The van der Waals surface area contributed by atoms with Gasteiger partial charge in [0, 0.05) is 0 Å². The normalized spacial score (nSPS) is 21.6. The summed E-state index contributed by atoms with van der Waals surface area (Å²) in [6, 6.07) is 5.20. The molecule has 0 spiro atoms. The predicted octanol–water partition coefficient (Wildman–Crippen LogP) is 2.32. The van der Waals surface area contributed by atoms with Gasteiger partial charge in [-0.1, -0.05) is 13.3 Å². The highest BCUT2D eigenvalue weighted by molar-refractivity contribution is 6.06. The van der Waals surface area contributed by atoms with Crippen molar-refractivity contribution in [2.24, 2.45) is 0 Å². The van der Waals surface area contributed by atoms with Gasteiger partial charge in [-0.05, 0) is 37.6 Å². The lowest BCUT2D eigenvalue weighted by molar-refractivity contribution is -0.131. The predicted molar refractivity (Wildman–Crippen MR) is 75.5 cm³/mol. The number of hydrogen-bond donors (Lipinski definition) is 1. The Kier molecular flexibility index (Phi) is 4.45. The monoisotopic (exact) mass is 294 g/mol. The van der Waals surface area contributed by atoms with Crippen LogP contribution in [-0.2, 0) is 4.79 Å². The van der Waals surface area contributed by atoms with E-state index < -0.39 is 11.6 Å². The molecule has 1 saturated heterocycles. The third kappa shape index (κ3) is 3.32. The van der Waals surface area contributed by atoms with Crippen molar-refractivity contribution in [1.29, 1.82) is 0 Å². The maximum atomic E-state index is 12.8. The molecule has 0 aliphatic carbocycles. The van der Waals surface area contributed by atoms with Crippen molar-refractivity contribution in [2.75, 3.05) is 13.2 Å². The third-order valence-corrected chi connectivity index (χ3v) is 3.49. The van der Waals surface area contributed by atoms with E-state index in [0.717, 1.165) is 6.42 Å². The molecule has 1 N–H and O–H groups in total. The zero-order valence-corrected chi connectivity index (χ0v) is 12.2. The Morgan fingerprint density at radius 3 is 2.57 bits per heavy atom. The van der Waals surface area contributed by atoms with Gasteiger partial charge in [0.1, 0.15) is 23.7 Å². The molecule has 2 rings (SSSR count). The van der Waals surface area contributed by atoms with Crippen molar-refractivity contribution in [3.8, 4) is 5.75 Å². The van der Waals surface area contributed by atoms with Crippen molar-refractivity contribution in [1.82, 2.24) is 10.2 Å². The van der Waals surface area contributed by atoms with E-state index in [1.165, 1.54) is 29.2 Å². The molecule has 1 unspecified atom stereocenters. The van der Waals surface area contributed by atoms with Gasteiger partial charge in [0.25, 0.3) is 5.91 Å². The average molecular weight is 294 g/mol. The van der Waals surface area contributed by atoms with Gasteiger partial charge in [0.05, 0.1) is 6.54 Å². The first-order valence-corrected chi connectivity index (χ1v) is 6.99. The molecule has 114 valence electrons. The number of ether oxygens (including phenoxy) is 1. The lowest BCUT2D eigenvalue weighted by Gasteiger charge is -2.20. The van der Waals surface area contributed by atoms with Gasteiger partial charge in [-0.15, -0.1) is 0 Å². The van der Waals surface area contributed by atoms with E-state index in [9.17, 15) is 14.0 Å². The molecule has 1 aromatic rings. The SMILES string of the molecule is CCCC1(C)NC(=O)N(CCOc2ccc(F)cc2)C1=O. The summed E-state index contributed by atoms with van der Waals surface area (Å²) in [7, 11) is 0. The van der Waals surface area contributed by atoms with Crippen molar-refractivity contribution >= 4 is 11.9 Å². The lowest BCUT2D eigenvalue weighted by atomic mass is 9.96. The molecule has 6 heteroatoms. The van der Waals surface area contributed by atoms with Crippen LogP contribution < -0.4 is 10.1 Å². The fourth-order valence-corrected chi connectivity index (χ4v) is 2.41. The van der Waals surface area contributed by atoms with Crippen LogP contribution in [0.15, 0.2) is 24.3 Å². The number of imide groups is 1. The standard InChI is InChI=1S/C15H19FN2O3/c1-3-8-15(2)13(19)18(14(20)17-15)9-10-21-12-6-4-11(16)5-7-12/h4-7H,3,8-10H2,1-2H3,(H,17,20). The molecule has 1 fully saturated rings. The third-order valence-electron chi connectivity index (χ3n) is 3.49. The molecular weight excluding hydrogens is 275 g/mol. The number of rotatable bonds is 6. The van der Waals surface area contributed by atoms with E-state index in [4.69, 9.17) is 4.74 Å². The zero-order valence-electron chi connectivity index (χ0n) is 12.2. The summed E-state index contributed by atoms with van der Waals surface area (Å²) in [5.74, 6) is -0.0661. The number of nitrogens with zero attached hydrogens (tertiary/aromatic N) is 1. The summed E-state index contributed by atoms with van der Waals surface area (Å²) in [6.07, 6.45) is 1.41. The highest BCUT2D eigenvalue weighted by Gasteiger charge is 2.46. The summed E-state index contributed by atoms with van der Waals surface area (Å²) in [5, 5.41) is 2.72. The maximum absolute atomic E-state index is 12.8. The molecule has 0 radical (unpaired) electrons. The molecule has 1 atom stereocenters. The largest absolute Gasteiger partial charge is 0.492 e. The number of urea groups is 1. The number of carbonyl (C=O) groups excluding carboxylic acids is 2. The van der Waals surface area contributed by atoms with E-state index in [1.54, 1.807) is 6.92 Å². The fraction of sp³-hybridized carbons (Fsp3) is 0.467. The Morgan fingerprint density at radius 2 is 1.95 bits per heavy atom. The quantitative estimate of drug-likeness (QED) is 0.819. The van der Waals surface area contributed by atoms with Crippen LogP contribution in [0.5, 0.6) is 5.75 Å². The van der Waals surface area contributed by atoms with Crippen molar-refractivity contribution in [2.45, 2.75) is 32.2 Å². The van der Waals surface area contributed by atoms with E-state index >= 15 is 0 Å². The Morgan fingerprint density at radius 1 is 1.29 bits per heavy atom. The second-order valence-corrected chi connectivity index (χ2v) is 5.27. The first-order valence-electron chi connectivity index (χ1n) is 6.99. The average Bonchev–Trinajstić information content (AvgIpc) is 2.64. The van der Waals surface area contributed by atoms with Gasteiger partial charge in [-0.25, -0.2) is 9.18 Å². The molecule has 0 aromatic heterocycles. The molecule has 0 bridgehead atoms. The second-order valence-electron chi connectivity index (χ2n) is 5.27. The van der Waals surface area contributed by atoms with Gasteiger partial charge in [-0.3, -0.25) is 9.69 Å². The first-order chi connectivity index (χ1) is 9.96. The van der Waals surface area contributed by atoms with Crippen molar-refractivity contribution < 1.29 is 18.7 Å². The minimum Gasteiger partial charge on any atom is -0.492 e. The van der Waals surface area contributed by atoms with Crippen LogP contribution in [0.2, 0.25) is 0 Å². The molecule has 1 heterocycles. The number of amides is 3. The minimum atomic E-state index is -0.818. The van der Waals surface area contributed by atoms with Gasteiger partial charge in [0.15, 0.2) is 0 Å². The van der Waals surface area contributed by atoms with E-state index in [2.05, 4.69) is 5.32 Å².